The molecule has 1 aromatic carbocycles. The molecule has 0 fully saturated rings. The van der Waals surface area contributed by atoms with Gasteiger partial charge in [0.05, 0.1) is 11.9 Å². The summed E-state index contributed by atoms with van der Waals surface area (Å²) in [6.45, 7) is 5.08. The van der Waals surface area contributed by atoms with Gasteiger partial charge in [0.25, 0.3) is 0 Å². The Morgan fingerprint density at radius 3 is 2.45 bits per heavy atom. The molecule has 3 heteroatoms. The topological polar surface area (TPSA) is 24.9 Å². The van der Waals surface area contributed by atoms with Crippen LogP contribution in [-0.4, -0.2) is 4.98 Å². The Bertz CT molecular complexity index is 537. The lowest BCUT2D eigenvalue weighted by atomic mass is 10.0. The fraction of sp³-hybridized carbons (Fsp3) is 0.353. The average Bonchev–Trinajstić information content (AvgIpc) is 2.50. The van der Waals surface area contributed by atoms with Crippen molar-refractivity contribution in [3.63, 3.8) is 0 Å². The molecule has 2 aromatic rings. The van der Waals surface area contributed by atoms with E-state index in [-0.39, 0.29) is 11.9 Å². The molecule has 0 aliphatic carbocycles. The van der Waals surface area contributed by atoms with Crippen molar-refractivity contribution in [3.8, 4) is 0 Å². The fourth-order valence-electron chi connectivity index (χ4n) is 2.36. The molecule has 0 saturated heterocycles. The van der Waals surface area contributed by atoms with Crippen LogP contribution < -0.4 is 5.32 Å². The summed E-state index contributed by atoms with van der Waals surface area (Å²) >= 11 is 0. The molecule has 106 valence electrons. The van der Waals surface area contributed by atoms with Gasteiger partial charge in [0, 0.05) is 12.6 Å². The first-order valence-electron chi connectivity index (χ1n) is 7.16. The molecule has 1 aromatic heterocycles. The smallest absolute Gasteiger partial charge is 0.141 e. The van der Waals surface area contributed by atoms with E-state index in [0.29, 0.717) is 0 Å². The lowest BCUT2D eigenvalue weighted by Gasteiger charge is -2.17. The van der Waals surface area contributed by atoms with Crippen LogP contribution in [0.4, 0.5) is 4.39 Å². The van der Waals surface area contributed by atoms with Gasteiger partial charge in [-0.3, -0.25) is 4.98 Å². The summed E-state index contributed by atoms with van der Waals surface area (Å²) in [6.07, 6.45) is 3.23. The SMILES string of the molecule is CCc1ccccc1CNC(CC)c1ccc(F)cn1. The van der Waals surface area contributed by atoms with E-state index in [1.807, 2.05) is 0 Å². The first kappa shape index (κ1) is 14.7. The minimum Gasteiger partial charge on any atom is -0.305 e. The Labute approximate surface area is 120 Å². The van der Waals surface area contributed by atoms with Gasteiger partial charge in [-0.1, -0.05) is 38.1 Å². The van der Waals surface area contributed by atoms with Crippen LogP contribution in [0.2, 0.25) is 0 Å². The molecule has 0 aliphatic rings. The van der Waals surface area contributed by atoms with Crippen molar-refractivity contribution in [3.05, 3.63) is 65.2 Å². The molecule has 0 saturated carbocycles. The van der Waals surface area contributed by atoms with E-state index in [9.17, 15) is 4.39 Å². The predicted octanol–water partition coefficient (Wildman–Crippen LogP) is 4.02. The largest absolute Gasteiger partial charge is 0.305 e. The maximum Gasteiger partial charge on any atom is 0.141 e. The number of nitrogens with one attached hydrogen (secondary N) is 1. The zero-order valence-corrected chi connectivity index (χ0v) is 12.1. The number of aryl methyl sites for hydroxylation is 1. The van der Waals surface area contributed by atoms with E-state index in [2.05, 4.69) is 48.4 Å². The molecule has 0 spiro atoms. The molecule has 0 bridgehead atoms. The molecule has 1 N–H and O–H groups in total. The van der Waals surface area contributed by atoms with Crippen molar-refractivity contribution in [2.24, 2.45) is 0 Å². The molecule has 2 rings (SSSR count). The van der Waals surface area contributed by atoms with Gasteiger partial charge in [-0.15, -0.1) is 0 Å². The number of pyridine rings is 1. The number of nitrogens with zero attached hydrogens (tertiary/aromatic N) is 1. The van der Waals surface area contributed by atoms with E-state index < -0.39 is 0 Å². The maximum atomic E-state index is 12.9. The number of rotatable bonds is 6. The second kappa shape index (κ2) is 7.15. The van der Waals surface area contributed by atoms with Crippen molar-refractivity contribution in [2.45, 2.75) is 39.3 Å². The summed E-state index contributed by atoms with van der Waals surface area (Å²) in [5, 5.41) is 3.51. The Morgan fingerprint density at radius 1 is 1.10 bits per heavy atom. The summed E-state index contributed by atoms with van der Waals surface area (Å²) in [5.41, 5.74) is 3.57. The van der Waals surface area contributed by atoms with Gasteiger partial charge < -0.3 is 5.32 Å². The summed E-state index contributed by atoms with van der Waals surface area (Å²) in [7, 11) is 0. The second-order valence-electron chi connectivity index (χ2n) is 4.87. The third kappa shape index (κ3) is 3.64. The zero-order valence-electron chi connectivity index (χ0n) is 12.1. The molecule has 1 unspecified atom stereocenters. The molecule has 0 amide bonds. The predicted molar refractivity (Wildman–Crippen MR) is 79.9 cm³/mol. The van der Waals surface area contributed by atoms with Crippen LogP contribution in [0.15, 0.2) is 42.6 Å². The van der Waals surface area contributed by atoms with E-state index in [1.165, 1.54) is 23.4 Å². The van der Waals surface area contributed by atoms with Crippen LogP contribution in [0, 0.1) is 5.82 Å². The van der Waals surface area contributed by atoms with Crippen LogP contribution in [0.1, 0.15) is 43.1 Å². The lowest BCUT2D eigenvalue weighted by molar-refractivity contribution is 0.503. The van der Waals surface area contributed by atoms with Crippen molar-refractivity contribution >= 4 is 0 Å². The maximum absolute atomic E-state index is 12.9. The van der Waals surface area contributed by atoms with Gasteiger partial charge >= 0.3 is 0 Å². The highest BCUT2D eigenvalue weighted by atomic mass is 19.1. The van der Waals surface area contributed by atoms with Crippen molar-refractivity contribution in [1.82, 2.24) is 10.3 Å². The highest BCUT2D eigenvalue weighted by Crippen LogP contribution is 2.16. The summed E-state index contributed by atoms with van der Waals surface area (Å²) in [5.74, 6) is -0.292. The number of hydrogen-bond acceptors (Lipinski definition) is 2. The number of hydrogen-bond donors (Lipinski definition) is 1. The van der Waals surface area contributed by atoms with Crippen molar-refractivity contribution < 1.29 is 4.39 Å². The van der Waals surface area contributed by atoms with Crippen LogP contribution in [0.5, 0.6) is 0 Å². The van der Waals surface area contributed by atoms with Crippen LogP contribution in [0.3, 0.4) is 0 Å². The Morgan fingerprint density at radius 2 is 1.85 bits per heavy atom. The lowest BCUT2D eigenvalue weighted by Crippen LogP contribution is -2.21. The molecule has 1 atom stereocenters. The first-order valence-corrected chi connectivity index (χ1v) is 7.16. The van der Waals surface area contributed by atoms with Gasteiger partial charge in [-0.25, -0.2) is 4.39 Å². The van der Waals surface area contributed by atoms with Crippen LogP contribution in [0.25, 0.3) is 0 Å². The quantitative estimate of drug-likeness (QED) is 0.859. The van der Waals surface area contributed by atoms with E-state index >= 15 is 0 Å². The highest BCUT2D eigenvalue weighted by Gasteiger charge is 2.11. The number of benzene rings is 1. The average molecular weight is 272 g/mol. The normalized spacial score (nSPS) is 12.3. The second-order valence-corrected chi connectivity index (χ2v) is 4.87. The van der Waals surface area contributed by atoms with Crippen LogP contribution >= 0.6 is 0 Å². The summed E-state index contributed by atoms with van der Waals surface area (Å²) in [6, 6.07) is 11.8. The minimum atomic E-state index is -0.292. The monoisotopic (exact) mass is 272 g/mol. The molecule has 20 heavy (non-hydrogen) atoms. The van der Waals surface area contributed by atoms with Gasteiger partial charge in [-0.2, -0.15) is 0 Å². The molecule has 0 radical (unpaired) electrons. The van der Waals surface area contributed by atoms with Crippen molar-refractivity contribution in [1.29, 1.82) is 0 Å². The van der Waals surface area contributed by atoms with Gasteiger partial charge in [-0.05, 0) is 36.1 Å². The van der Waals surface area contributed by atoms with Gasteiger partial charge in [0.2, 0.25) is 0 Å². The third-order valence-corrected chi connectivity index (χ3v) is 3.55. The van der Waals surface area contributed by atoms with Gasteiger partial charge in [0.15, 0.2) is 0 Å². The Hall–Kier alpha value is -1.74. The van der Waals surface area contributed by atoms with E-state index in [1.54, 1.807) is 6.07 Å². The van der Waals surface area contributed by atoms with Crippen LogP contribution in [-0.2, 0) is 13.0 Å². The van der Waals surface area contributed by atoms with E-state index in [0.717, 1.165) is 25.1 Å². The summed E-state index contributed by atoms with van der Waals surface area (Å²) in [4.78, 5) is 4.17. The minimum absolute atomic E-state index is 0.153. The Balaban J connectivity index is 2.05. The summed E-state index contributed by atoms with van der Waals surface area (Å²) < 4.78 is 12.9. The molecular formula is C17H21FN2. The number of aromatic nitrogens is 1. The standard InChI is InChI=1S/C17H21FN2/c1-3-13-7-5-6-8-14(13)11-19-16(4-2)17-10-9-15(18)12-20-17/h5-10,12,16,19H,3-4,11H2,1-2H3. The molecular weight excluding hydrogens is 251 g/mol. The molecule has 1 heterocycles. The zero-order chi connectivity index (χ0) is 14.4. The van der Waals surface area contributed by atoms with E-state index in [4.69, 9.17) is 0 Å². The third-order valence-electron chi connectivity index (χ3n) is 3.55. The van der Waals surface area contributed by atoms with Crippen molar-refractivity contribution in [2.75, 3.05) is 0 Å². The molecule has 0 aliphatic heterocycles. The molecule has 2 nitrogen and oxygen atoms in total. The Kier molecular flexibility index (Phi) is 5.24. The number of halogens is 1. The van der Waals surface area contributed by atoms with Gasteiger partial charge in [0.1, 0.15) is 5.82 Å². The fourth-order valence-corrected chi connectivity index (χ4v) is 2.36. The first-order chi connectivity index (χ1) is 9.74. The highest BCUT2D eigenvalue weighted by molar-refractivity contribution is 5.27.